The molecule has 0 aliphatic carbocycles. The van der Waals surface area contributed by atoms with Crippen LogP contribution < -0.4 is 26.0 Å². The van der Waals surface area contributed by atoms with Gasteiger partial charge in [0, 0.05) is 56.8 Å². The molecule has 0 spiro atoms. The summed E-state index contributed by atoms with van der Waals surface area (Å²) in [6.07, 6.45) is -0.611. The van der Waals surface area contributed by atoms with E-state index in [1.807, 2.05) is 29.1 Å². The largest absolute Gasteiger partial charge is 0.494 e. The summed E-state index contributed by atoms with van der Waals surface area (Å²) in [7, 11) is 5.21. The lowest BCUT2D eigenvalue weighted by atomic mass is 10.0. The van der Waals surface area contributed by atoms with Gasteiger partial charge in [0.1, 0.15) is 23.2 Å². The molecule has 3 amide bonds. The van der Waals surface area contributed by atoms with Gasteiger partial charge in [-0.05, 0) is 56.6 Å². The number of hydrogen-bond donors (Lipinski definition) is 2. The fourth-order valence-electron chi connectivity index (χ4n) is 7.28. The minimum Gasteiger partial charge on any atom is -0.494 e. The number of imide groups is 1. The number of carbonyl (C=O) groups is 3. The number of piperidine rings is 2. The Hall–Kier alpha value is -5.71. The first-order chi connectivity index (χ1) is 25.3. The van der Waals surface area contributed by atoms with E-state index in [2.05, 4.69) is 37.6 Å². The third-order valence-corrected chi connectivity index (χ3v) is 10.1. The number of alkyl halides is 3. The summed E-state index contributed by atoms with van der Waals surface area (Å²) in [6, 6.07) is 11.8. The highest BCUT2D eigenvalue weighted by atomic mass is 19.4. The molecule has 0 saturated carbocycles. The number of methoxy groups -OCH3 is 1. The lowest BCUT2D eigenvalue weighted by molar-refractivity contribution is -0.141. The highest BCUT2D eigenvalue weighted by molar-refractivity contribution is 6.05. The van der Waals surface area contributed by atoms with Gasteiger partial charge in [0.05, 0.1) is 41.6 Å². The van der Waals surface area contributed by atoms with Crippen LogP contribution in [0.15, 0.2) is 59.5 Å². The number of ether oxygens (including phenoxy) is 1. The number of imidazole rings is 1. The average Bonchev–Trinajstić information content (AvgIpc) is 3.66. The molecule has 2 aliphatic heterocycles. The van der Waals surface area contributed by atoms with Gasteiger partial charge >= 0.3 is 11.9 Å². The van der Waals surface area contributed by atoms with Crippen molar-refractivity contribution < 1.29 is 32.3 Å². The van der Waals surface area contributed by atoms with Crippen LogP contribution in [-0.4, -0.2) is 86.4 Å². The molecule has 278 valence electrons. The number of halogens is 3. The molecule has 2 N–H and O–H groups in total. The van der Waals surface area contributed by atoms with E-state index in [4.69, 9.17) is 4.74 Å². The van der Waals surface area contributed by atoms with Crippen LogP contribution in [0.1, 0.15) is 47.9 Å². The normalized spacial score (nSPS) is 17.2. The third kappa shape index (κ3) is 6.95. The van der Waals surface area contributed by atoms with Crippen molar-refractivity contribution in [3.05, 3.63) is 76.6 Å². The maximum atomic E-state index is 13.4. The molecule has 1 atom stereocenters. The van der Waals surface area contributed by atoms with Crippen LogP contribution in [0, 0.1) is 0 Å². The van der Waals surface area contributed by atoms with Crippen molar-refractivity contribution in [1.82, 2.24) is 34.1 Å². The number of amides is 3. The van der Waals surface area contributed by atoms with Crippen molar-refractivity contribution in [1.29, 1.82) is 0 Å². The number of nitrogens with one attached hydrogen (secondary N) is 2. The Labute approximate surface area is 301 Å². The molecule has 1 unspecified atom stereocenters. The van der Waals surface area contributed by atoms with Crippen LogP contribution in [-0.2, 0) is 29.4 Å². The quantitative estimate of drug-likeness (QED) is 0.215. The number of para-hydroxylation sites is 1. The minimum atomic E-state index is -4.68. The number of carbonyl (C=O) groups excluding carboxylic acids is 3. The number of rotatable bonds is 9. The zero-order valence-corrected chi connectivity index (χ0v) is 29.3. The van der Waals surface area contributed by atoms with Crippen LogP contribution in [0.4, 0.5) is 24.5 Å². The summed E-state index contributed by atoms with van der Waals surface area (Å²) in [4.78, 5) is 58.7. The topological polar surface area (TPSA) is 149 Å². The van der Waals surface area contributed by atoms with Crippen LogP contribution in [0.3, 0.4) is 0 Å². The van der Waals surface area contributed by atoms with Crippen molar-refractivity contribution in [3.63, 3.8) is 0 Å². The Balaban J connectivity index is 0.993. The number of benzene rings is 2. The van der Waals surface area contributed by atoms with E-state index in [-0.39, 0.29) is 35.8 Å². The first-order valence-electron chi connectivity index (χ1n) is 17.2. The highest BCUT2D eigenvalue weighted by Crippen LogP contribution is 2.33. The first kappa shape index (κ1) is 35.7. The van der Waals surface area contributed by atoms with Crippen LogP contribution in [0.2, 0.25) is 0 Å². The molecule has 14 nitrogen and oxygen atoms in total. The van der Waals surface area contributed by atoms with Gasteiger partial charge in [-0.1, -0.05) is 12.1 Å². The molecule has 3 aromatic heterocycles. The molecule has 0 radical (unpaired) electrons. The molecule has 2 aromatic carbocycles. The second-order valence-corrected chi connectivity index (χ2v) is 13.4. The summed E-state index contributed by atoms with van der Waals surface area (Å²) in [5.74, 6) is -1.30. The zero-order valence-electron chi connectivity index (χ0n) is 29.3. The van der Waals surface area contributed by atoms with E-state index < -0.39 is 29.7 Å². The van der Waals surface area contributed by atoms with Gasteiger partial charge < -0.3 is 19.9 Å². The van der Waals surface area contributed by atoms with Gasteiger partial charge in [-0.3, -0.25) is 33.5 Å². The average molecular weight is 734 g/mol. The van der Waals surface area contributed by atoms with Gasteiger partial charge in [0.15, 0.2) is 0 Å². The van der Waals surface area contributed by atoms with Crippen LogP contribution >= 0.6 is 0 Å². The number of aryl methyl sites for hydroxylation is 1. The molecule has 2 fully saturated rings. The predicted molar refractivity (Wildman–Crippen MR) is 190 cm³/mol. The summed E-state index contributed by atoms with van der Waals surface area (Å²) >= 11 is 0. The molecule has 7 rings (SSSR count). The second-order valence-electron chi connectivity index (χ2n) is 13.4. The van der Waals surface area contributed by atoms with Gasteiger partial charge in [-0.25, -0.2) is 9.78 Å². The van der Waals surface area contributed by atoms with Crippen molar-refractivity contribution >= 4 is 51.0 Å². The van der Waals surface area contributed by atoms with Crippen LogP contribution in [0.25, 0.3) is 21.9 Å². The van der Waals surface area contributed by atoms with Gasteiger partial charge in [-0.2, -0.15) is 18.3 Å². The summed E-state index contributed by atoms with van der Waals surface area (Å²) in [5, 5.41) is 10.4. The van der Waals surface area contributed by atoms with E-state index in [1.165, 1.54) is 17.7 Å². The molecule has 2 aliphatic rings. The van der Waals surface area contributed by atoms with E-state index in [0.717, 1.165) is 49.3 Å². The van der Waals surface area contributed by atoms with Crippen molar-refractivity contribution in [2.75, 3.05) is 44.0 Å². The highest BCUT2D eigenvalue weighted by Gasteiger charge is 2.34. The Bertz CT molecular complexity index is 2290. The fourth-order valence-corrected chi connectivity index (χ4v) is 7.28. The van der Waals surface area contributed by atoms with Gasteiger partial charge in [-0.15, -0.1) is 0 Å². The number of nitrogens with zero attached hydrogens (tertiary/aromatic N) is 7. The zero-order chi connectivity index (χ0) is 37.6. The Kier molecular flexibility index (Phi) is 9.44. The Morgan fingerprint density at radius 2 is 1.83 bits per heavy atom. The van der Waals surface area contributed by atoms with Crippen LogP contribution in [0.5, 0.6) is 5.75 Å². The molecular formula is C36H38F3N9O5. The number of aromatic nitrogens is 5. The summed E-state index contributed by atoms with van der Waals surface area (Å²) in [5.41, 5.74) is 1.41. The molecule has 53 heavy (non-hydrogen) atoms. The van der Waals surface area contributed by atoms with Gasteiger partial charge in [0.2, 0.25) is 11.8 Å². The SMILES string of the molecule is COc1cc2nn(CCN(C)C3CCN(c4cccc5c4n(C)c(=O)n5C4CCC(=O)NC4=O)CC3)cc2cc1NC(=O)c1cccc(C(F)(F)F)n1. The number of anilines is 2. The smallest absolute Gasteiger partial charge is 0.433 e. The Morgan fingerprint density at radius 1 is 1.08 bits per heavy atom. The molecule has 5 aromatic rings. The van der Waals surface area contributed by atoms with Crippen molar-refractivity contribution in [3.8, 4) is 5.75 Å². The molecule has 5 heterocycles. The first-order valence-corrected chi connectivity index (χ1v) is 17.2. The van der Waals surface area contributed by atoms with Gasteiger partial charge in [0.25, 0.3) is 5.91 Å². The molecule has 0 bridgehead atoms. The second kappa shape index (κ2) is 14.0. The summed E-state index contributed by atoms with van der Waals surface area (Å²) < 4.78 is 49.7. The Morgan fingerprint density at radius 3 is 2.55 bits per heavy atom. The maximum Gasteiger partial charge on any atom is 0.433 e. The number of hydrogen-bond acceptors (Lipinski definition) is 9. The lowest BCUT2D eigenvalue weighted by Gasteiger charge is -2.38. The minimum absolute atomic E-state index is 0.180. The molecule has 2 saturated heterocycles. The van der Waals surface area contributed by atoms with E-state index in [1.54, 1.807) is 23.7 Å². The number of fused-ring (bicyclic) bond motifs is 2. The monoisotopic (exact) mass is 733 g/mol. The lowest BCUT2D eigenvalue weighted by Crippen LogP contribution is -2.44. The molecular weight excluding hydrogens is 695 g/mol. The fraction of sp³-hybridized carbons (Fsp3) is 0.389. The van der Waals surface area contributed by atoms with Crippen molar-refractivity contribution in [2.45, 2.75) is 50.5 Å². The predicted octanol–water partition coefficient (Wildman–Crippen LogP) is 3.94. The van der Waals surface area contributed by atoms with E-state index in [9.17, 15) is 32.3 Å². The maximum absolute atomic E-state index is 13.4. The molecule has 17 heteroatoms. The summed E-state index contributed by atoms with van der Waals surface area (Å²) in [6.45, 7) is 2.82. The van der Waals surface area contributed by atoms with E-state index in [0.29, 0.717) is 41.3 Å². The number of likely N-dealkylation sites (N-methyl/N-ethyl adjacent to an activating group) is 1. The van der Waals surface area contributed by atoms with E-state index >= 15 is 0 Å². The number of pyridine rings is 1. The van der Waals surface area contributed by atoms with Crippen molar-refractivity contribution in [2.24, 2.45) is 7.05 Å². The third-order valence-electron chi connectivity index (χ3n) is 10.1. The standard InChI is InChI=1S/C36H38F3N9O5/c1-44(16-17-47-20-21-18-25(29(53-3)19-24(21)43-47)41-33(50)23-6-4-9-30(40-23)36(37,38)39)22-12-14-46(15-13-22)26-7-5-8-27-32(26)45(2)35(52)48(27)28-10-11-31(49)42-34(28)51/h4-9,18-20,22,28H,10-17H2,1-3H3,(H,41,50)(H,42,49,51).